The van der Waals surface area contributed by atoms with Gasteiger partial charge in [-0.05, 0) is 64.5 Å². The number of carbonyl (C=O) groups is 2. The molecule has 0 aliphatic rings. The quantitative estimate of drug-likeness (QED) is 0.126. The third-order valence-corrected chi connectivity index (χ3v) is 5.89. The van der Waals surface area contributed by atoms with E-state index in [4.69, 9.17) is 13.9 Å². The third kappa shape index (κ3) is 6.44. The number of nitrogens with zero attached hydrogens (tertiary/aromatic N) is 3. The summed E-state index contributed by atoms with van der Waals surface area (Å²) in [5, 5.41) is 12.9. The summed E-state index contributed by atoms with van der Waals surface area (Å²) in [5.74, 6) is -0.0795. The first-order valence-electron chi connectivity index (χ1n) is 9.56. The van der Waals surface area contributed by atoms with Crippen molar-refractivity contribution < 1.29 is 23.5 Å². The second-order valence-corrected chi connectivity index (χ2v) is 8.91. The van der Waals surface area contributed by atoms with Crippen LogP contribution in [0.4, 0.5) is 5.13 Å². The summed E-state index contributed by atoms with van der Waals surface area (Å²) < 4.78 is 20.6. The highest BCUT2D eigenvalue weighted by Gasteiger charge is 2.20. The Hall–Kier alpha value is -3.14. The lowest BCUT2D eigenvalue weighted by Crippen LogP contribution is -2.13. The van der Waals surface area contributed by atoms with Crippen LogP contribution in [0.2, 0.25) is 0 Å². The van der Waals surface area contributed by atoms with E-state index in [0.29, 0.717) is 26.9 Å². The molecule has 0 spiro atoms. The van der Waals surface area contributed by atoms with Gasteiger partial charge in [-0.15, -0.1) is 0 Å². The summed E-state index contributed by atoms with van der Waals surface area (Å²) >= 11 is 5.84. The van der Waals surface area contributed by atoms with Gasteiger partial charge in [0.15, 0.2) is 11.5 Å². The van der Waals surface area contributed by atoms with Crippen molar-refractivity contribution in [2.75, 3.05) is 17.7 Å². The van der Waals surface area contributed by atoms with E-state index in [0.717, 1.165) is 17.3 Å². The van der Waals surface area contributed by atoms with E-state index in [1.54, 1.807) is 25.1 Å². The van der Waals surface area contributed by atoms with Crippen LogP contribution in [0.3, 0.4) is 0 Å². The van der Waals surface area contributed by atoms with Gasteiger partial charge in [0.2, 0.25) is 16.0 Å². The lowest BCUT2D eigenvalue weighted by Gasteiger charge is -2.13. The highest BCUT2D eigenvalue weighted by molar-refractivity contribution is 9.10. The average molecular weight is 549 g/mol. The van der Waals surface area contributed by atoms with Crippen LogP contribution in [0.5, 0.6) is 11.5 Å². The number of nitrogens with one attached hydrogen (secondary N) is 1. The normalized spacial score (nSPS) is 11.0. The number of amides is 1. The van der Waals surface area contributed by atoms with E-state index < -0.39 is 11.9 Å². The Bertz CT molecular complexity index is 1220. The second kappa shape index (κ2) is 11.6. The lowest BCUT2D eigenvalue weighted by molar-refractivity contribution is -0.112. The molecule has 0 radical (unpaired) electrons. The molecule has 170 valence electrons. The van der Waals surface area contributed by atoms with Crippen LogP contribution in [-0.4, -0.2) is 33.6 Å². The van der Waals surface area contributed by atoms with Crippen LogP contribution in [0.1, 0.15) is 30.0 Å². The van der Waals surface area contributed by atoms with Crippen LogP contribution in [0.25, 0.3) is 6.08 Å². The van der Waals surface area contributed by atoms with Crippen molar-refractivity contribution in [2.45, 2.75) is 19.0 Å². The third-order valence-electron chi connectivity index (χ3n) is 3.83. The number of halogens is 1. The fourth-order valence-corrected chi connectivity index (χ4v) is 4.31. The van der Waals surface area contributed by atoms with Crippen LogP contribution in [0, 0.1) is 11.3 Å². The summed E-state index contributed by atoms with van der Waals surface area (Å²) in [5.41, 5.74) is 0.332. The van der Waals surface area contributed by atoms with Crippen LogP contribution >= 0.6 is 39.2 Å². The molecule has 3 rings (SSSR count). The number of aromatic nitrogens is 2. The maximum atomic E-state index is 12.6. The molecule has 0 bridgehead atoms. The topological polar surface area (TPSA) is 127 Å². The Balaban J connectivity index is 1.84. The zero-order chi connectivity index (χ0) is 23.8. The number of rotatable bonds is 9. The Morgan fingerprint density at radius 1 is 1.39 bits per heavy atom. The number of benzene rings is 1. The first-order chi connectivity index (χ1) is 15.9. The zero-order valence-corrected chi connectivity index (χ0v) is 20.7. The van der Waals surface area contributed by atoms with E-state index in [1.165, 1.54) is 30.2 Å². The number of nitriles is 1. The zero-order valence-electron chi connectivity index (χ0n) is 17.5. The Morgan fingerprint density at radius 2 is 2.21 bits per heavy atom. The predicted molar refractivity (Wildman–Crippen MR) is 128 cm³/mol. The number of hydrogen-bond acceptors (Lipinski definition) is 10. The van der Waals surface area contributed by atoms with Crippen molar-refractivity contribution in [1.29, 1.82) is 5.26 Å². The van der Waals surface area contributed by atoms with E-state index in [1.807, 2.05) is 13.0 Å². The van der Waals surface area contributed by atoms with Gasteiger partial charge in [0, 0.05) is 11.5 Å². The van der Waals surface area contributed by atoms with Gasteiger partial charge in [-0.3, -0.25) is 10.1 Å². The Morgan fingerprint density at radius 3 is 2.88 bits per heavy atom. The minimum absolute atomic E-state index is 0.0360. The highest BCUT2D eigenvalue weighted by atomic mass is 79.9. The number of ether oxygens (including phenoxy) is 2. The first kappa shape index (κ1) is 24.5. The van der Waals surface area contributed by atoms with Crippen molar-refractivity contribution in [2.24, 2.45) is 0 Å². The van der Waals surface area contributed by atoms with Gasteiger partial charge in [0.05, 0.1) is 17.3 Å². The molecular weight excluding hydrogens is 532 g/mol. The molecule has 33 heavy (non-hydrogen) atoms. The average Bonchev–Trinajstić information content (AvgIpc) is 3.47. The molecule has 1 aromatic carbocycles. The molecule has 1 amide bonds. The summed E-state index contributed by atoms with van der Waals surface area (Å²) in [6.45, 7) is 4.04. The summed E-state index contributed by atoms with van der Waals surface area (Å²) in [4.78, 5) is 29.0. The fourth-order valence-electron chi connectivity index (χ4n) is 2.50. The van der Waals surface area contributed by atoms with Gasteiger partial charge in [-0.25, -0.2) is 4.79 Å². The minimum atomic E-state index is -0.695. The molecule has 12 heteroatoms. The molecule has 2 aromatic heterocycles. The van der Waals surface area contributed by atoms with E-state index in [2.05, 4.69) is 30.6 Å². The van der Waals surface area contributed by atoms with E-state index in [9.17, 15) is 14.9 Å². The van der Waals surface area contributed by atoms with Crippen molar-refractivity contribution in [3.63, 3.8) is 0 Å². The second-order valence-electron chi connectivity index (χ2n) is 6.07. The molecule has 0 unspecified atom stereocenters. The number of furan rings is 1. The molecule has 0 fully saturated rings. The van der Waals surface area contributed by atoms with Gasteiger partial charge in [-0.1, -0.05) is 18.7 Å². The first-order valence-corrected chi connectivity index (χ1v) is 12.1. The minimum Gasteiger partial charge on any atom is -0.490 e. The van der Waals surface area contributed by atoms with Gasteiger partial charge >= 0.3 is 5.97 Å². The number of carbonyl (C=O) groups excluding carboxylic acids is 2. The highest BCUT2D eigenvalue weighted by Crippen LogP contribution is 2.38. The molecule has 2 heterocycles. The monoisotopic (exact) mass is 548 g/mol. The van der Waals surface area contributed by atoms with Crippen LogP contribution in [-0.2, 0) is 4.79 Å². The summed E-state index contributed by atoms with van der Waals surface area (Å²) in [7, 11) is 0. The van der Waals surface area contributed by atoms with Gasteiger partial charge in [0.25, 0.3) is 5.91 Å². The molecule has 0 saturated heterocycles. The Labute approximate surface area is 206 Å². The molecule has 0 atom stereocenters. The van der Waals surface area contributed by atoms with Crippen LogP contribution in [0.15, 0.2) is 50.1 Å². The largest absolute Gasteiger partial charge is 0.490 e. The van der Waals surface area contributed by atoms with Gasteiger partial charge < -0.3 is 13.9 Å². The number of hydrogen-bond donors (Lipinski definition) is 1. The predicted octanol–water partition coefficient (Wildman–Crippen LogP) is 5.17. The van der Waals surface area contributed by atoms with Gasteiger partial charge in [0.1, 0.15) is 11.6 Å². The number of thioether (sulfide) groups is 1. The molecule has 0 aliphatic carbocycles. The molecule has 3 aromatic rings. The summed E-state index contributed by atoms with van der Waals surface area (Å²) in [6.07, 6.45) is 2.76. The number of esters is 1. The molecular formula is C21H17BrN4O5S2. The molecule has 1 N–H and O–H groups in total. The van der Waals surface area contributed by atoms with Gasteiger partial charge in [-0.2, -0.15) is 14.6 Å². The fraction of sp³-hybridized carbons (Fsp3) is 0.190. The van der Waals surface area contributed by atoms with E-state index >= 15 is 0 Å². The van der Waals surface area contributed by atoms with Crippen molar-refractivity contribution >= 4 is 62.3 Å². The lowest BCUT2D eigenvalue weighted by atomic mass is 10.1. The smallest absolute Gasteiger partial charge is 0.379 e. The van der Waals surface area contributed by atoms with Crippen LogP contribution < -0.4 is 14.8 Å². The molecule has 9 nitrogen and oxygen atoms in total. The standard InChI is InChI=1S/C21H17BrN4O5S2/c1-3-29-16-10-12(9-14(22)17(16)31-19(28)15-6-5-7-30-15)8-13(11-23)18(27)24-20-25-21(26-33-20)32-4-2/h5-10H,3-4H2,1-2H3,(H,24,25,26,27). The summed E-state index contributed by atoms with van der Waals surface area (Å²) in [6, 6.07) is 8.09. The maximum Gasteiger partial charge on any atom is 0.379 e. The SMILES string of the molecule is CCOc1cc(C=C(C#N)C(=O)Nc2nc(SCC)ns2)cc(Br)c1OC(=O)c1ccco1. The van der Waals surface area contributed by atoms with Crippen molar-refractivity contribution in [3.05, 3.63) is 51.9 Å². The van der Waals surface area contributed by atoms with Crippen molar-refractivity contribution in [3.8, 4) is 17.6 Å². The Kier molecular flexibility index (Phi) is 8.65. The van der Waals surface area contributed by atoms with E-state index in [-0.39, 0.29) is 22.8 Å². The molecule has 0 saturated carbocycles. The van der Waals surface area contributed by atoms with Crippen molar-refractivity contribution in [1.82, 2.24) is 9.36 Å². The maximum absolute atomic E-state index is 12.6. The number of anilines is 1. The molecule has 0 aliphatic heterocycles.